The summed E-state index contributed by atoms with van der Waals surface area (Å²) in [4.78, 5) is 24.1. The van der Waals surface area contributed by atoms with Crippen LogP contribution in [0.3, 0.4) is 0 Å². The van der Waals surface area contributed by atoms with Crippen LogP contribution in [0, 0.1) is 18.3 Å². The van der Waals surface area contributed by atoms with Crippen molar-refractivity contribution >= 4 is 11.5 Å². The molecule has 1 aliphatic rings. The molecule has 2 aromatic heterocycles. The Bertz CT molecular complexity index is 1530. The number of ketones is 1. The zero-order valence-corrected chi connectivity index (χ0v) is 23.3. The van der Waals surface area contributed by atoms with E-state index in [4.69, 9.17) is 0 Å². The maximum Gasteiger partial charge on any atom is 0.167 e. The molecule has 3 heterocycles. The molecule has 0 unspecified atom stereocenters. The highest BCUT2D eigenvalue weighted by atomic mass is 16.1. The van der Waals surface area contributed by atoms with Gasteiger partial charge in [0.15, 0.2) is 5.78 Å². The monoisotopic (exact) mass is 534 g/mol. The minimum absolute atomic E-state index is 0.00583. The van der Waals surface area contributed by atoms with Crippen molar-refractivity contribution in [3.63, 3.8) is 0 Å². The first-order valence-corrected chi connectivity index (χ1v) is 13.7. The fraction of sp³-hybridized carbons (Fsp3) is 0.355. The molecule has 4 aromatic rings. The number of nitrogens with zero attached hydrogens (tertiary/aromatic N) is 7. The lowest BCUT2D eigenvalue weighted by molar-refractivity contribution is 0.0993. The first kappa shape index (κ1) is 27.2. The van der Waals surface area contributed by atoms with Crippen molar-refractivity contribution in [2.75, 3.05) is 31.5 Å². The van der Waals surface area contributed by atoms with Gasteiger partial charge in [0, 0.05) is 48.7 Å². The molecule has 0 radical (unpaired) electrons. The second-order valence-electron chi connectivity index (χ2n) is 10.9. The molecule has 0 saturated carbocycles. The maximum atomic E-state index is 13.6. The van der Waals surface area contributed by atoms with Gasteiger partial charge in [-0.15, -0.1) is 5.10 Å². The minimum Gasteiger partial charge on any atom is -0.384 e. The Morgan fingerprint density at radius 2 is 1.88 bits per heavy atom. The van der Waals surface area contributed by atoms with Crippen LogP contribution < -0.4 is 5.32 Å². The third-order valence-corrected chi connectivity index (χ3v) is 7.45. The number of nitrogens with one attached hydrogen (secondary N) is 1. The van der Waals surface area contributed by atoms with Crippen molar-refractivity contribution in [2.45, 2.75) is 45.4 Å². The van der Waals surface area contributed by atoms with Crippen molar-refractivity contribution in [3.05, 3.63) is 83.6 Å². The van der Waals surface area contributed by atoms with E-state index in [1.54, 1.807) is 17.1 Å². The number of likely N-dealkylation sites (tertiary alicyclic amines) is 1. The molecule has 5 rings (SSSR count). The number of hydrogen-bond donors (Lipinski definition) is 1. The lowest BCUT2D eigenvalue weighted by atomic mass is 9.84. The van der Waals surface area contributed by atoms with E-state index in [2.05, 4.69) is 36.6 Å². The molecule has 0 bridgehead atoms. The largest absolute Gasteiger partial charge is 0.384 e. The number of nitriles is 1. The fourth-order valence-corrected chi connectivity index (χ4v) is 4.93. The molecule has 0 atom stereocenters. The summed E-state index contributed by atoms with van der Waals surface area (Å²) < 4.78 is 1.71. The number of benzene rings is 2. The van der Waals surface area contributed by atoms with Gasteiger partial charge in [-0.25, -0.2) is 14.6 Å². The summed E-state index contributed by atoms with van der Waals surface area (Å²) in [5, 5.41) is 21.8. The Morgan fingerprint density at radius 1 is 1.10 bits per heavy atom. The molecule has 1 N–H and O–H groups in total. The van der Waals surface area contributed by atoms with Crippen LogP contribution in [0.2, 0.25) is 0 Å². The number of hydrogen-bond acceptors (Lipinski definition) is 8. The number of carbonyl (C=O) groups is 1. The number of rotatable bonds is 10. The SMILES string of the molecule is Cc1ccc(CC(=O)c2cc(NCCN3CCCC3)cc(C(C)(C)C#N)c2)cc1-n1cc(-c2cncnc2)nn1. The van der Waals surface area contributed by atoms with E-state index < -0.39 is 5.41 Å². The average Bonchev–Trinajstić information content (AvgIpc) is 3.67. The first-order chi connectivity index (χ1) is 19.3. The second kappa shape index (κ2) is 11.8. The summed E-state index contributed by atoms with van der Waals surface area (Å²) in [7, 11) is 0. The van der Waals surface area contributed by atoms with Crippen molar-refractivity contribution in [3.8, 4) is 23.0 Å². The number of aromatic nitrogens is 5. The standard InChI is InChI=1S/C31H34N8O/c1-22-6-7-23(12-29(22)39-19-28(36-37-39)25-17-33-21-34-18-25)13-30(40)24-14-26(31(2,3)20-32)16-27(15-24)35-8-11-38-9-4-5-10-38/h6-7,12,14-19,21,35H,4-5,8-11,13H2,1-3H3. The van der Waals surface area contributed by atoms with Gasteiger partial charge < -0.3 is 10.2 Å². The number of carbonyl (C=O) groups excluding carboxylic acids is 1. The molecule has 1 aliphatic heterocycles. The van der Waals surface area contributed by atoms with E-state index in [1.807, 2.05) is 63.4 Å². The van der Waals surface area contributed by atoms with Gasteiger partial charge in [-0.2, -0.15) is 5.26 Å². The zero-order chi connectivity index (χ0) is 28.1. The van der Waals surface area contributed by atoms with Gasteiger partial charge in [0.25, 0.3) is 0 Å². The Balaban J connectivity index is 1.36. The minimum atomic E-state index is -0.715. The number of aryl methyl sites for hydroxylation is 1. The predicted molar refractivity (Wildman–Crippen MR) is 154 cm³/mol. The van der Waals surface area contributed by atoms with Crippen LogP contribution in [0.25, 0.3) is 16.9 Å². The van der Waals surface area contributed by atoms with Crippen LogP contribution >= 0.6 is 0 Å². The quantitative estimate of drug-likeness (QED) is 0.290. The lowest BCUT2D eigenvalue weighted by Gasteiger charge is -2.20. The highest BCUT2D eigenvalue weighted by molar-refractivity contribution is 5.98. The third kappa shape index (κ3) is 6.24. The number of Topliss-reactive ketones (excluding diaryl/α,β-unsaturated/α-hetero) is 1. The van der Waals surface area contributed by atoms with E-state index >= 15 is 0 Å². The summed E-state index contributed by atoms with van der Waals surface area (Å²) in [6.45, 7) is 9.80. The summed E-state index contributed by atoms with van der Waals surface area (Å²) in [5.74, 6) is -0.00583. The van der Waals surface area contributed by atoms with Crippen LogP contribution in [0.5, 0.6) is 0 Å². The van der Waals surface area contributed by atoms with Crippen LogP contribution in [0.15, 0.2) is 61.3 Å². The zero-order valence-electron chi connectivity index (χ0n) is 23.3. The molecular weight excluding hydrogens is 500 g/mol. The normalized spacial score (nSPS) is 13.8. The van der Waals surface area contributed by atoms with Gasteiger partial charge in [0.2, 0.25) is 0 Å². The molecular formula is C31H34N8O. The molecule has 0 spiro atoms. The van der Waals surface area contributed by atoms with Gasteiger partial charge in [-0.05, 0) is 87.7 Å². The van der Waals surface area contributed by atoms with Crippen molar-refractivity contribution in [1.29, 1.82) is 5.26 Å². The Morgan fingerprint density at radius 3 is 2.62 bits per heavy atom. The van der Waals surface area contributed by atoms with Gasteiger partial charge in [0.1, 0.15) is 12.0 Å². The van der Waals surface area contributed by atoms with E-state index in [9.17, 15) is 10.1 Å². The van der Waals surface area contributed by atoms with Crippen molar-refractivity contribution in [2.24, 2.45) is 0 Å². The Kier molecular flexibility index (Phi) is 7.99. The highest BCUT2D eigenvalue weighted by Gasteiger charge is 2.23. The topological polar surface area (TPSA) is 113 Å². The highest BCUT2D eigenvalue weighted by Crippen LogP contribution is 2.28. The molecule has 0 aliphatic carbocycles. The van der Waals surface area contributed by atoms with E-state index in [0.717, 1.165) is 59.8 Å². The van der Waals surface area contributed by atoms with E-state index in [-0.39, 0.29) is 12.2 Å². The molecule has 9 heteroatoms. The molecule has 9 nitrogen and oxygen atoms in total. The molecule has 1 saturated heterocycles. The fourth-order valence-electron chi connectivity index (χ4n) is 4.93. The molecule has 2 aromatic carbocycles. The molecule has 204 valence electrons. The van der Waals surface area contributed by atoms with Crippen LogP contribution in [0.4, 0.5) is 5.69 Å². The predicted octanol–water partition coefficient (Wildman–Crippen LogP) is 4.77. The van der Waals surface area contributed by atoms with Crippen molar-refractivity contribution in [1.82, 2.24) is 29.9 Å². The lowest BCUT2D eigenvalue weighted by Crippen LogP contribution is -2.26. The Labute approximate surface area is 234 Å². The van der Waals surface area contributed by atoms with Crippen molar-refractivity contribution < 1.29 is 4.79 Å². The molecule has 1 fully saturated rings. The summed E-state index contributed by atoms with van der Waals surface area (Å²) in [6.07, 6.45) is 9.44. The number of anilines is 1. The van der Waals surface area contributed by atoms with Crippen LogP contribution in [0.1, 0.15) is 53.7 Å². The van der Waals surface area contributed by atoms with E-state index in [1.165, 1.54) is 19.2 Å². The van der Waals surface area contributed by atoms with Gasteiger partial charge in [0.05, 0.1) is 23.4 Å². The van der Waals surface area contributed by atoms with Crippen LogP contribution in [-0.2, 0) is 11.8 Å². The summed E-state index contributed by atoms with van der Waals surface area (Å²) >= 11 is 0. The maximum absolute atomic E-state index is 13.6. The second-order valence-corrected chi connectivity index (χ2v) is 10.9. The van der Waals surface area contributed by atoms with Gasteiger partial charge in [-0.3, -0.25) is 4.79 Å². The van der Waals surface area contributed by atoms with E-state index in [0.29, 0.717) is 11.3 Å². The smallest absolute Gasteiger partial charge is 0.167 e. The van der Waals surface area contributed by atoms with Gasteiger partial charge in [-0.1, -0.05) is 17.3 Å². The summed E-state index contributed by atoms with van der Waals surface area (Å²) in [5.41, 5.74) is 5.77. The van der Waals surface area contributed by atoms with Gasteiger partial charge >= 0.3 is 0 Å². The first-order valence-electron chi connectivity index (χ1n) is 13.7. The molecule has 0 amide bonds. The summed E-state index contributed by atoms with van der Waals surface area (Å²) in [6, 6.07) is 14.1. The third-order valence-electron chi connectivity index (χ3n) is 7.45. The average molecular weight is 535 g/mol. The van der Waals surface area contributed by atoms with Crippen LogP contribution in [-0.4, -0.2) is 61.8 Å². The Hall–Kier alpha value is -4.42. The molecule has 40 heavy (non-hydrogen) atoms.